The van der Waals surface area contributed by atoms with Crippen LogP contribution in [-0.4, -0.2) is 4.57 Å². The maximum Gasteiger partial charge on any atom is 0.0541 e. The summed E-state index contributed by atoms with van der Waals surface area (Å²) < 4.78 is 5.18. The normalized spacial score (nSPS) is 11.8. The summed E-state index contributed by atoms with van der Waals surface area (Å²) in [5, 5.41) is 5.39. The highest BCUT2D eigenvalue weighted by Gasteiger charge is 2.18. The minimum atomic E-state index is 1.10. The average Bonchev–Trinajstić information content (AvgIpc) is 3.62. The summed E-state index contributed by atoms with van der Waals surface area (Å²) in [4.78, 5) is 0. The number of benzene rings is 6. The second-order valence-corrected chi connectivity index (χ2v) is 13.3. The Morgan fingerprint density at radius 2 is 1.13 bits per heavy atom. The Bertz CT molecular complexity index is 2330. The molecule has 0 atom stereocenters. The molecule has 8 aromatic rings. The third-order valence-corrected chi connectivity index (χ3v) is 10.4. The molecule has 0 saturated carbocycles. The van der Waals surface area contributed by atoms with Crippen LogP contribution in [0.4, 0.5) is 0 Å². The lowest BCUT2D eigenvalue weighted by Gasteiger charge is -2.17. The van der Waals surface area contributed by atoms with Gasteiger partial charge < -0.3 is 4.57 Å². The first-order valence-electron chi connectivity index (χ1n) is 16.4. The lowest BCUT2D eigenvalue weighted by Crippen LogP contribution is -1.98. The van der Waals surface area contributed by atoms with E-state index in [1.807, 2.05) is 11.3 Å². The fourth-order valence-corrected chi connectivity index (χ4v) is 8.26. The third-order valence-electron chi connectivity index (χ3n) is 9.30. The van der Waals surface area contributed by atoms with E-state index < -0.39 is 0 Å². The predicted octanol–water partition coefficient (Wildman–Crippen LogP) is 12.8. The molecule has 0 radical (unpaired) electrons. The van der Waals surface area contributed by atoms with Crippen LogP contribution >= 0.6 is 11.3 Å². The number of aromatic nitrogens is 1. The van der Waals surface area contributed by atoms with E-state index >= 15 is 0 Å². The Morgan fingerprint density at radius 1 is 0.489 bits per heavy atom. The van der Waals surface area contributed by atoms with Crippen molar-refractivity contribution in [2.75, 3.05) is 0 Å². The SMILES string of the molecule is CCCCc1ccc2c(c1)c1cc(CCC)ccc1n2-c1ccccc1-c1ccccc1-c1ccc2c(c1)sc1ccccc12. The van der Waals surface area contributed by atoms with Crippen LogP contribution in [-0.2, 0) is 12.8 Å². The van der Waals surface area contributed by atoms with E-state index in [1.54, 1.807) is 0 Å². The topological polar surface area (TPSA) is 4.93 Å². The van der Waals surface area contributed by atoms with Gasteiger partial charge in [0.15, 0.2) is 0 Å². The zero-order valence-corrected chi connectivity index (χ0v) is 26.8. The number of fused-ring (bicyclic) bond motifs is 6. The number of thiophene rings is 1. The molecule has 0 bridgehead atoms. The summed E-state index contributed by atoms with van der Waals surface area (Å²) in [6, 6.07) is 47.9. The average molecular weight is 600 g/mol. The molecule has 1 nitrogen and oxygen atoms in total. The lowest BCUT2D eigenvalue weighted by atomic mass is 9.93. The number of aryl methyl sites for hydroxylation is 2. The van der Waals surface area contributed by atoms with E-state index in [0.717, 1.165) is 19.3 Å². The maximum atomic E-state index is 2.51. The molecule has 0 aliphatic carbocycles. The fourth-order valence-electron chi connectivity index (χ4n) is 7.12. The molecule has 0 aliphatic rings. The molecule has 0 amide bonds. The van der Waals surface area contributed by atoms with Crippen LogP contribution in [0.5, 0.6) is 0 Å². The van der Waals surface area contributed by atoms with Gasteiger partial charge in [0.2, 0.25) is 0 Å². The van der Waals surface area contributed by atoms with Gasteiger partial charge >= 0.3 is 0 Å². The Kier molecular flexibility index (Phi) is 7.24. The third kappa shape index (κ3) is 4.85. The largest absolute Gasteiger partial charge is 0.309 e. The molecule has 0 unspecified atom stereocenters. The molecule has 6 aromatic carbocycles. The Hall–Kier alpha value is -4.66. The van der Waals surface area contributed by atoms with Gasteiger partial charge in [0.25, 0.3) is 0 Å². The van der Waals surface area contributed by atoms with Crippen molar-refractivity contribution in [1.29, 1.82) is 0 Å². The van der Waals surface area contributed by atoms with E-state index in [4.69, 9.17) is 0 Å². The van der Waals surface area contributed by atoms with E-state index in [0.29, 0.717) is 0 Å². The molecule has 8 rings (SSSR count). The molecule has 2 aromatic heterocycles. The summed E-state index contributed by atoms with van der Waals surface area (Å²) >= 11 is 1.88. The van der Waals surface area contributed by atoms with Gasteiger partial charge in [0, 0.05) is 36.5 Å². The zero-order valence-electron chi connectivity index (χ0n) is 26.0. The molecule has 2 heterocycles. The summed E-state index contributed by atoms with van der Waals surface area (Å²) in [6.07, 6.45) is 5.81. The van der Waals surface area contributed by atoms with Crippen molar-refractivity contribution < 1.29 is 0 Å². The van der Waals surface area contributed by atoms with Crippen LogP contribution < -0.4 is 0 Å². The van der Waals surface area contributed by atoms with Crippen LogP contribution in [0, 0.1) is 0 Å². The zero-order chi connectivity index (χ0) is 30.3. The van der Waals surface area contributed by atoms with Crippen LogP contribution in [0.3, 0.4) is 0 Å². The summed E-state index contributed by atoms with van der Waals surface area (Å²) in [5.41, 5.74) is 11.6. The monoisotopic (exact) mass is 599 g/mol. The number of unbranched alkanes of at least 4 members (excludes halogenated alkanes) is 1. The van der Waals surface area contributed by atoms with E-state index in [1.165, 1.54) is 93.9 Å². The number of nitrogens with zero attached hydrogens (tertiary/aromatic N) is 1. The van der Waals surface area contributed by atoms with Crippen molar-refractivity contribution in [2.45, 2.75) is 46.0 Å². The van der Waals surface area contributed by atoms with E-state index in [9.17, 15) is 0 Å². The van der Waals surface area contributed by atoms with Crippen LogP contribution in [0.15, 0.2) is 127 Å². The quantitative estimate of drug-likeness (QED) is 0.164. The van der Waals surface area contributed by atoms with E-state index in [-0.39, 0.29) is 0 Å². The smallest absolute Gasteiger partial charge is 0.0541 e. The van der Waals surface area contributed by atoms with Gasteiger partial charge in [0.05, 0.1) is 16.7 Å². The van der Waals surface area contributed by atoms with Crippen LogP contribution in [0.25, 0.3) is 69.9 Å². The standard InChI is InChI=1S/C43H37NS/c1-3-5-13-30-21-25-41-38(27-30)37-26-29(12-4-2)20-24-40(37)44(41)39-18-10-8-16-34(39)33-15-7-6-14-32(33)31-22-23-36-35-17-9-11-19-42(35)45-43(36)28-31/h6-11,14-28H,3-5,12-13H2,1-2H3. The Balaban J connectivity index is 1.33. The number of hydrogen-bond acceptors (Lipinski definition) is 1. The Morgan fingerprint density at radius 3 is 1.89 bits per heavy atom. The maximum absolute atomic E-state index is 2.51. The lowest BCUT2D eigenvalue weighted by molar-refractivity contribution is 0.796. The molecule has 0 N–H and O–H groups in total. The molecule has 0 spiro atoms. The highest BCUT2D eigenvalue weighted by atomic mass is 32.1. The summed E-state index contributed by atoms with van der Waals surface area (Å²) in [5.74, 6) is 0. The van der Waals surface area contributed by atoms with Crippen molar-refractivity contribution in [3.05, 3.63) is 139 Å². The molecule has 2 heteroatoms. The van der Waals surface area contributed by atoms with Crippen molar-refractivity contribution in [3.8, 4) is 27.9 Å². The molecular weight excluding hydrogens is 563 g/mol. The Labute approximate surface area is 269 Å². The van der Waals surface area contributed by atoms with Crippen molar-refractivity contribution in [1.82, 2.24) is 4.57 Å². The first-order chi connectivity index (χ1) is 22.2. The molecule has 0 aliphatic heterocycles. The van der Waals surface area contributed by atoms with Crippen molar-refractivity contribution in [2.24, 2.45) is 0 Å². The minimum absolute atomic E-state index is 1.10. The van der Waals surface area contributed by atoms with Gasteiger partial charge in [-0.15, -0.1) is 11.3 Å². The van der Waals surface area contributed by atoms with Crippen LogP contribution in [0.2, 0.25) is 0 Å². The fraction of sp³-hybridized carbons (Fsp3) is 0.163. The molecule has 220 valence electrons. The van der Waals surface area contributed by atoms with Gasteiger partial charge in [-0.1, -0.05) is 112 Å². The minimum Gasteiger partial charge on any atom is -0.309 e. The van der Waals surface area contributed by atoms with Crippen molar-refractivity contribution in [3.63, 3.8) is 0 Å². The highest BCUT2D eigenvalue weighted by molar-refractivity contribution is 7.25. The molecule has 0 fully saturated rings. The summed E-state index contributed by atoms with van der Waals surface area (Å²) in [7, 11) is 0. The second kappa shape index (κ2) is 11.7. The van der Waals surface area contributed by atoms with Crippen LogP contribution in [0.1, 0.15) is 44.2 Å². The van der Waals surface area contributed by atoms with Gasteiger partial charge in [-0.25, -0.2) is 0 Å². The number of hydrogen-bond donors (Lipinski definition) is 0. The molecule has 0 saturated heterocycles. The van der Waals surface area contributed by atoms with Gasteiger partial charge in [-0.05, 0) is 89.5 Å². The van der Waals surface area contributed by atoms with Crippen molar-refractivity contribution >= 4 is 53.3 Å². The number of rotatable bonds is 8. The summed E-state index contributed by atoms with van der Waals surface area (Å²) in [6.45, 7) is 4.54. The predicted molar refractivity (Wildman–Crippen MR) is 197 cm³/mol. The molecule has 45 heavy (non-hydrogen) atoms. The van der Waals surface area contributed by atoms with Gasteiger partial charge in [-0.2, -0.15) is 0 Å². The second-order valence-electron chi connectivity index (χ2n) is 12.3. The molecular formula is C43H37NS. The van der Waals surface area contributed by atoms with E-state index in [2.05, 4.69) is 146 Å². The van der Waals surface area contributed by atoms with Gasteiger partial charge in [0.1, 0.15) is 0 Å². The first kappa shape index (κ1) is 27.9. The number of para-hydroxylation sites is 1. The highest BCUT2D eigenvalue weighted by Crippen LogP contribution is 2.42. The first-order valence-corrected chi connectivity index (χ1v) is 17.2. The van der Waals surface area contributed by atoms with Gasteiger partial charge in [-0.3, -0.25) is 0 Å².